The van der Waals surface area contributed by atoms with Crippen molar-refractivity contribution in [3.63, 3.8) is 0 Å². The van der Waals surface area contributed by atoms with Gasteiger partial charge in [-0.3, -0.25) is 9.20 Å². The van der Waals surface area contributed by atoms with Gasteiger partial charge in [0.15, 0.2) is 11.5 Å². The first-order valence-corrected chi connectivity index (χ1v) is 9.08. The van der Waals surface area contributed by atoms with Gasteiger partial charge in [0, 0.05) is 11.6 Å². The molecule has 0 aliphatic carbocycles. The number of hydrogen-bond donors (Lipinski definition) is 1. The van der Waals surface area contributed by atoms with E-state index < -0.39 is 11.5 Å². The predicted molar refractivity (Wildman–Crippen MR) is 104 cm³/mol. The van der Waals surface area contributed by atoms with E-state index in [-0.39, 0.29) is 5.91 Å². The zero-order chi connectivity index (χ0) is 19.4. The molecule has 27 heavy (non-hydrogen) atoms. The largest absolute Gasteiger partial charge is 0.374 e. The summed E-state index contributed by atoms with van der Waals surface area (Å²) in [7, 11) is 0. The van der Waals surface area contributed by atoms with Gasteiger partial charge < -0.3 is 10.1 Å². The summed E-state index contributed by atoms with van der Waals surface area (Å²) in [4.78, 5) is 12.6. The quantitative estimate of drug-likeness (QED) is 0.725. The molecule has 1 atom stereocenters. The molecule has 0 bridgehead atoms. The number of carbonyl (C=O) groups is 1. The Morgan fingerprint density at radius 1 is 1.15 bits per heavy atom. The van der Waals surface area contributed by atoms with Crippen molar-refractivity contribution >= 4 is 11.6 Å². The van der Waals surface area contributed by atoms with Crippen LogP contribution in [0.15, 0.2) is 48.7 Å². The van der Waals surface area contributed by atoms with Gasteiger partial charge in [-0.15, -0.1) is 10.2 Å². The van der Waals surface area contributed by atoms with Crippen LogP contribution in [0.1, 0.15) is 43.8 Å². The Morgan fingerprint density at radius 2 is 1.89 bits per heavy atom. The van der Waals surface area contributed by atoms with E-state index in [2.05, 4.69) is 15.5 Å². The highest BCUT2D eigenvalue weighted by Gasteiger charge is 2.27. The van der Waals surface area contributed by atoms with Crippen LogP contribution >= 0.6 is 0 Å². The average molecular weight is 366 g/mol. The third-order valence-electron chi connectivity index (χ3n) is 4.27. The number of fused-ring (bicyclic) bond motifs is 1. The maximum Gasteiger partial charge on any atom is 0.226 e. The zero-order valence-electron chi connectivity index (χ0n) is 16.3. The van der Waals surface area contributed by atoms with Crippen molar-refractivity contribution in [3.05, 3.63) is 65.6 Å². The van der Waals surface area contributed by atoms with Crippen molar-refractivity contribution in [2.24, 2.45) is 5.41 Å². The Morgan fingerprint density at radius 3 is 2.59 bits per heavy atom. The lowest BCUT2D eigenvalue weighted by Crippen LogP contribution is -2.39. The van der Waals surface area contributed by atoms with E-state index in [1.165, 1.54) is 0 Å². The summed E-state index contributed by atoms with van der Waals surface area (Å²) in [6.45, 7) is 8.45. The van der Waals surface area contributed by atoms with Gasteiger partial charge in [-0.1, -0.05) is 57.2 Å². The number of amides is 1. The summed E-state index contributed by atoms with van der Waals surface area (Å²) in [5.74, 6) is 0.611. The van der Waals surface area contributed by atoms with Crippen LogP contribution in [0, 0.1) is 12.3 Å². The number of carbonyl (C=O) groups excluding carboxylic acids is 1. The van der Waals surface area contributed by atoms with Gasteiger partial charge in [-0.25, -0.2) is 0 Å². The van der Waals surface area contributed by atoms with E-state index in [4.69, 9.17) is 4.74 Å². The maximum atomic E-state index is 12.6. The second-order valence-corrected chi connectivity index (χ2v) is 7.77. The fourth-order valence-corrected chi connectivity index (χ4v) is 2.68. The molecule has 1 aromatic carbocycles. The smallest absolute Gasteiger partial charge is 0.226 e. The van der Waals surface area contributed by atoms with Gasteiger partial charge in [0.25, 0.3) is 0 Å². The number of pyridine rings is 1. The van der Waals surface area contributed by atoms with E-state index in [9.17, 15) is 4.79 Å². The lowest BCUT2D eigenvalue weighted by atomic mass is 9.95. The second-order valence-electron chi connectivity index (χ2n) is 7.77. The van der Waals surface area contributed by atoms with Crippen molar-refractivity contribution in [3.8, 4) is 0 Å². The van der Waals surface area contributed by atoms with Crippen LogP contribution in [0.2, 0.25) is 0 Å². The minimum absolute atomic E-state index is 0.0554. The molecule has 2 aromatic heterocycles. The Kier molecular flexibility index (Phi) is 5.56. The van der Waals surface area contributed by atoms with E-state index >= 15 is 0 Å². The van der Waals surface area contributed by atoms with Crippen LogP contribution < -0.4 is 5.32 Å². The SMILES string of the molecule is Cc1ccc2nnc([C@@H](COCc3ccccc3)NC(=O)C(C)(C)C)n2c1. The van der Waals surface area contributed by atoms with Crippen LogP contribution in [0.3, 0.4) is 0 Å². The molecule has 0 spiro atoms. The standard InChI is InChI=1S/C21H26N4O2/c1-15-10-11-18-23-24-19(25(18)12-15)17(22-20(26)21(2,3)4)14-27-13-16-8-6-5-7-9-16/h5-12,17H,13-14H2,1-4H3,(H,22,26)/t17-/m1/s1. The highest BCUT2D eigenvalue weighted by atomic mass is 16.5. The Hall–Kier alpha value is -2.73. The lowest BCUT2D eigenvalue weighted by Gasteiger charge is -2.23. The lowest BCUT2D eigenvalue weighted by molar-refractivity contribution is -0.129. The number of benzene rings is 1. The zero-order valence-corrected chi connectivity index (χ0v) is 16.3. The molecule has 0 fully saturated rings. The Bertz CT molecular complexity index is 913. The van der Waals surface area contributed by atoms with Gasteiger partial charge in [-0.05, 0) is 24.1 Å². The summed E-state index contributed by atoms with van der Waals surface area (Å²) in [5, 5.41) is 11.6. The molecule has 1 amide bonds. The summed E-state index contributed by atoms with van der Waals surface area (Å²) < 4.78 is 7.81. The topological polar surface area (TPSA) is 68.5 Å². The molecule has 3 rings (SSSR count). The van der Waals surface area contributed by atoms with E-state index in [1.54, 1.807) is 0 Å². The highest BCUT2D eigenvalue weighted by Crippen LogP contribution is 2.19. The number of rotatable bonds is 6. The van der Waals surface area contributed by atoms with Crippen molar-refractivity contribution in [1.29, 1.82) is 0 Å². The molecule has 142 valence electrons. The molecular formula is C21H26N4O2. The average Bonchev–Trinajstić information content (AvgIpc) is 3.03. The highest BCUT2D eigenvalue weighted by molar-refractivity contribution is 5.81. The number of aromatic nitrogens is 3. The van der Waals surface area contributed by atoms with Crippen LogP contribution in [0.5, 0.6) is 0 Å². The van der Waals surface area contributed by atoms with Crippen LogP contribution in [-0.2, 0) is 16.1 Å². The van der Waals surface area contributed by atoms with Crippen LogP contribution in [0.25, 0.3) is 5.65 Å². The third-order valence-corrected chi connectivity index (χ3v) is 4.27. The van der Waals surface area contributed by atoms with Gasteiger partial charge >= 0.3 is 0 Å². The van der Waals surface area contributed by atoms with Gasteiger partial charge in [0.2, 0.25) is 5.91 Å². The van der Waals surface area contributed by atoms with Crippen LogP contribution in [0.4, 0.5) is 0 Å². The summed E-state index contributed by atoms with van der Waals surface area (Å²) in [6.07, 6.45) is 1.97. The van der Waals surface area contributed by atoms with Gasteiger partial charge in [0.05, 0.1) is 13.2 Å². The monoisotopic (exact) mass is 366 g/mol. The second kappa shape index (κ2) is 7.88. The van der Waals surface area contributed by atoms with Crippen molar-refractivity contribution in [2.75, 3.05) is 6.61 Å². The first-order valence-electron chi connectivity index (χ1n) is 9.08. The molecule has 6 heteroatoms. The first-order chi connectivity index (χ1) is 12.8. The maximum absolute atomic E-state index is 12.6. The van der Waals surface area contributed by atoms with Gasteiger partial charge in [0.1, 0.15) is 6.04 Å². The molecule has 6 nitrogen and oxygen atoms in total. The fraction of sp³-hybridized carbons (Fsp3) is 0.381. The number of nitrogens with zero attached hydrogens (tertiary/aromatic N) is 3. The molecule has 0 unspecified atom stereocenters. The molecule has 3 aromatic rings. The minimum atomic E-state index is -0.506. The number of aryl methyl sites for hydroxylation is 1. The predicted octanol–water partition coefficient (Wildman–Crippen LogP) is 3.46. The van der Waals surface area contributed by atoms with Crippen molar-refractivity contribution < 1.29 is 9.53 Å². The molecule has 0 saturated heterocycles. The molecule has 0 aliphatic heterocycles. The Balaban J connectivity index is 1.82. The number of hydrogen-bond acceptors (Lipinski definition) is 4. The molecular weight excluding hydrogens is 340 g/mol. The van der Waals surface area contributed by atoms with E-state index in [0.29, 0.717) is 19.0 Å². The normalized spacial score (nSPS) is 12.9. The summed E-state index contributed by atoms with van der Waals surface area (Å²) >= 11 is 0. The molecule has 1 N–H and O–H groups in total. The number of ether oxygens (including phenoxy) is 1. The van der Waals surface area contributed by atoms with E-state index in [0.717, 1.165) is 16.8 Å². The van der Waals surface area contributed by atoms with Crippen molar-refractivity contribution in [1.82, 2.24) is 19.9 Å². The van der Waals surface area contributed by atoms with Gasteiger partial charge in [-0.2, -0.15) is 0 Å². The molecule has 0 saturated carbocycles. The molecule has 0 radical (unpaired) electrons. The summed E-state index contributed by atoms with van der Waals surface area (Å²) in [6, 6.07) is 13.5. The fourth-order valence-electron chi connectivity index (χ4n) is 2.68. The summed E-state index contributed by atoms with van der Waals surface area (Å²) in [5.41, 5.74) is 2.41. The van der Waals surface area contributed by atoms with E-state index in [1.807, 2.05) is 80.8 Å². The first kappa shape index (κ1) is 19.0. The van der Waals surface area contributed by atoms with Crippen LogP contribution in [-0.4, -0.2) is 27.1 Å². The minimum Gasteiger partial charge on any atom is -0.374 e. The molecule has 2 heterocycles. The Labute approximate surface area is 159 Å². The third kappa shape index (κ3) is 4.71. The number of nitrogens with one attached hydrogen (secondary N) is 1. The van der Waals surface area contributed by atoms with Crippen molar-refractivity contribution in [2.45, 2.75) is 40.3 Å². The molecule has 0 aliphatic rings.